The molecule has 0 aromatic carbocycles. The van der Waals surface area contributed by atoms with E-state index in [1.165, 1.54) is 64.2 Å². The molecular formula is C19H31N3O. The van der Waals surface area contributed by atoms with Crippen LogP contribution in [0.25, 0.3) is 0 Å². The van der Waals surface area contributed by atoms with Gasteiger partial charge in [0.15, 0.2) is 5.82 Å². The van der Waals surface area contributed by atoms with Gasteiger partial charge in [0, 0.05) is 18.8 Å². The molecule has 23 heavy (non-hydrogen) atoms. The first kappa shape index (κ1) is 17.8. The lowest BCUT2D eigenvalue weighted by Gasteiger charge is -2.26. The van der Waals surface area contributed by atoms with Crippen molar-refractivity contribution >= 4 is 17.7 Å². The Labute approximate surface area is 140 Å². The third kappa shape index (κ3) is 6.20. The number of aliphatic imine (C=N–C) groups is 1. The fourth-order valence-corrected chi connectivity index (χ4v) is 3.14. The molecule has 0 saturated carbocycles. The number of aromatic amines is 1. The molecule has 4 heteroatoms. The summed E-state index contributed by atoms with van der Waals surface area (Å²) in [5.74, 6) is 0.704. The Morgan fingerprint density at radius 1 is 1.00 bits per heavy atom. The lowest BCUT2D eigenvalue weighted by molar-refractivity contribution is 0.555. The summed E-state index contributed by atoms with van der Waals surface area (Å²) in [5, 5.41) is 0. The lowest BCUT2D eigenvalue weighted by atomic mass is 10.1. The van der Waals surface area contributed by atoms with E-state index in [-0.39, 0.29) is 5.56 Å². The fraction of sp³-hybridized carbons (Fsp3) is 0.684. The van der Waals surface area contributed by atoms with Gasteiger partial charge in [-0.3, -0.25) is 4.79 Å². The second kappa shape index (κ2) is 10.2. The monoisotopic (exact) mass is 317 g/mol. The van der Waals surface area contributed by atoms with Gasteiger partial charge in [0.05, 0.1) is 12.2 Å². The van der Waals surface area contributed by atoms with Gasteiger partial charge in [0.25, 0.3) is 0 Å². The topological polar surface area (TPSA) is 48.5 Å². The van der Waals surface area contributed by atoms with Crippen LogP contribution >= 0.6 is 0 Å². The Morgan fingerprint density at radius 3 is 2.35 bits per heavy atom. The number of hydrogen-bond acceptors (Lipinski definition) is 3. The van der Waals surface area contributed by atoms with Crippen molar-refractivity contribution in [3.05, 3.63) is 22.5 Å². The van der Waals surface area contributed by atoms with Crippen molar-refractivity contribution in [2.45, 2.75) is 71.1 Å². The third-order valence-corrected chi connectivity index (χ3v) is 4.52. The van der Waals surface area contributed by atoms with E-state index >= 15 is 0 Å². The summed E-state index contributed by atoms with van der Waals surface area (Å²) < 4.78 is 0. The molecule has 0 radical (unpaired) electrons. The largest absolute Gasteiger partial charge is 0.363 e. The first-order valence-electron chi connectivity index (χ1n) is 9.32. The molecule has 128 valence electrons. The highest BCUT2D eigenvalue weighted by Gasteiger charge is 2.14. The molecular weight excluding hydrogens is 286 g/mol. The van der Waals surface area contributed by atoms with Crippen LogP contribution in [0.15, 0.2) is 21.9 Å². The molecule has 0 spiro atoms. The predicted molar refractivity (Wildman–Crippen MR) is 99.3 cm³/mol. The molecule has 1 aromatic rings. The minimum absolute atomic E-state index is 0.0818. The van der Waals surface area contributed by atoms with Crippen LogP contribution in [0, 0.1) is 0 Å². The van der Waals surface area contributed by atoms with Gasteiger partial charge in [-0.25, -0.2) is 4.99 Å². The smallest absolute Gasteiger partial charge is 0.249 e. The van der Waals surface area contributed by atoms with Crippen molar-refractivity contribution < 1.29 is 0 Å². The molecule has 4 nitrogen and oxygen atoms in total. The maximum Gasteiger partial charge on any atom is 0.249 e. The Morgan fingerprint density at radius 2 is 1.65 bits per heavy atom. The van der Waals surface area contributed by atoms with Crippen molar-refractivity contribution in [1.82, 2.24) is 4.98 Å². The number of rotatable bonds is 11. The number of unbranched alkanes of at least 4 members (excludes halogenated alkanes) is 9. The van der Waals surface area contributed by atoms with E-state index in [4.69, 9.17) is 0 Å². The number of hydrogen-bond donors (Lipinski definition) is 1. The highest BCUT2D eigenvalue weighted by atomic mass is 16.1. The van der Waals surface area contributed by atoms with E-state index in [1.807, 2.05) is 12.3 Å². The summed E-state index contributed by atoms with van der Waals surface area (Å²) in [6.45, 7) is 4.16. The van der Waals surface area contributed by atoms with Crippen molar-refractivity contribution in [1.29, 1.82) is 0 Å². The van der Waals surface area contributed by atoms with Gasteiger partial charge in [0.1, 0.15) is 0 Å². The van der Waals surface area contributed by atoms with Crippen LogP contribution in [0.2, 0.25) is 0 Å². The minimum Gasteiger partial charge on any atom is -0.363 e. The molecule has 0 unspecified atom stereocenters. The summed E-state index contributed by atoms with van der Waals surface area (Å²) in [7, 11) is 0. The highest BCUT2D eigenvalue weighted by Crippen LogP contribution is 2.27. The van der Waals surface area contributed by atoms with E-state index < -0.39 is 0 Å². The average molecular weight is 317 g/mol. The van der Waals surface area contributed by atoms with Gasteiger partial charge in [0.2, 0.25) is 5.56 Å². The van der Waals surface area contributed by atoms with Gasteiger partial charge in [-0.1, -0.05) is 64.7 Å². The molecule has 0 saturated heterocycles. The Kier molecular flexibility index (Phi) is 7.91. The molecule has 2 heterocycles. The van der Waals surface area contributed by atoms with Gasteiger partial charge >= 0.3 is 0 Å². The van der Waals surface area contributed by atoms with Gasteiger partial charge in [-0.15, -0.1) is 0 Å². The zero-order valence-electron chi connectivity index (χ0n) is 14.5. The Bertz CT molecular complexity index is 536. The Balaban J connectivity index is 1.57. The molecule has 0 atom stereocenters. The summed E-state index contributed by atoms with van der Waals surface area (Å²) in [6, 6.07) is 3.48. The van der Waals surface area contributed by atoms with Crippen LogP contribution in [-0.4, -0.2) is 24.3 Å². The first-order chi connectivity index (χ1) is 11.3. The SMILES string of the molecule is CCCCCCCCCCCCN1CC=Nc2[nH]c(=O)ccc21. The quantitative estimate of drug-likeness (QED) is 0.595. The molecule has 1 aliphatic rings. The molecule has 1 aromatic heterocycles. The molecule has 0 bridgehead atoms. The molecule has 0 amide bonds. The molecule has 0 aliphatic carbocycles. The van der Waals surface area contributed by atoms with Gasteiger partial charge in [-0.05, 0) is 12.5 Å². The predicted octanol–water partition coefficient (Wildman–Crippen LogP) is 4.82. The lowest BCUT2D eigenvalue weighted by Crippen LogP contribution is -2.29. The van der Waals surface area contributed by atoms with Crippen LogP contribution in [0.1, 0.15) is 71.1 Å². The summed E-state index contributed by atoms with van der Waals surface area (Å²) in [6.07, 6.45) is 15.5. The number of H-pyrrole nitrogens is 1. The number of nitrogens with zero attached hydrogens (tertiary/aromatic N) is 2. The van der Waals surface area contributed by atoms with E-state index in [2.05, 4.69) is 21.8 Å². The fourth-order valence-electron chi connectivity index (χ4n) is 3.14. The number of aromatic nitrogens is 1. The number of nitrogens with one attached hydrogen (secondary N) is 1. The molecule has 2 rings (SSSR count). The van der Waals surface area contributed by atoms with Crippen LogP contribution in [0.4, 0.5) is 11.5 Å². The summed E-state index contributed by atoms with van der Waals surface area (Å²) >= 11 is 0. The summed E-state index contributed by atoms with van der Waals surface area (Å²) in [4.78, 5) is 20.7. The van der Waals surface area contributed by atoms with E-state index in [1.54, 1.807) is 6.07 Å². The number of anilines is 1. The van der Waals surface area contributed by atoms with Crippen LogP contribution in [-0.2, 0) is 0 Å². The van der Waals surface area contributed by atoms with Crippen LogP contribution in [0.5, 0.6) is 0 Å². The van der Waals surface area contributed by atoms with Crippen molar-refractivity contribution in [2.75, 3.05) is 18.0 Å². The zero-order chi connectivity index (χ0) is 16.3. The molecule has 1 N–H and O–H groups in total. The average Bonchev–Trinajstić information content (AvgIpc) is 2.56. The van der Waals surface area contributed by atoms with Crippen molar-refractivity contribution in [3.63, 3.8) is 0 Å². The Hall–Kier alpha value is -1.58. The number of fused-ring (bicyclic) bond motifs is 1. The second-order valence-electron chi connectivity index (χ2n) is 6.50. The van der Waals surface area contributed by atoms with Gasteiger partial charge < -0.3 is 9.88 Å². The standard InChI is InChI=1S/C19H31N3O/c1-2-3-4-5-6-7-8-9-10-11-15-22-16-14-20-19-17(22)12-13-18(23)21-19/h12-14H,2-11,15-16H2,1H3,(H,21,23). The van der Waals surface area contributed by atoms with Gasteiger partial charge in [-0.2, -0.15) is 0 Å². The minimum atomic E-state index is -0.0818. The second-order valence-corrected chi connectivity index (χ2v) is 6.50. The van der Waals surface area contributed by atoms with Crippen LogP contribution in [0.3, 0.4) is 0 Å². The maximum absolute atomic E-state index is 11.3. The maximum atomic E-state index is 11.3. The first-order valence-corrected chi connectivity index (χ1v) is 9.32. The van der Waals surface area contributed by atoms with E-state index in [0.29, 0.717) is 5.82 Å². The van der Waals surface area contributed by atoms with Crippen LogP contribution < -0.4 is 10.5 Å². The van der Waals surface area contributed by atoms with E-state index in [9.17, 15) is 4.79 Å². The zero-order valence-corrected chi connectivity index (χ0v) is 14.5. The van der Waals surface area contributed by atoms with E-state index in [0.717, 1.165) is 18.8 Å². The molecule has 0 fully saturated rings. The summed E-state index contributed by atoms with van der Waals surface area (Å²) in [5.41, 5.74) is 0.977. The van der Waals surface area contributed by atoms with Crippen molar-refractivity contribution in [3.8, 4) is 0 Å². The van der Waals surface area contributed by atoms with Crippen molar-refractivity contribution in [2.24, 2.45) is 4.99 Å². The third-order valence-electron chi connectivity index (χ3n) is 4.52. The number of pyridine rings is 1. The normalized spacial score (nSPS) is 13.3. The highest BCUT2D eigenvalue weighted by molar-refractivity contribution is 5.79. The molecule has 1 aliphatic heterocycles.